The first-order valence-corrected chi connectivity index (χ1v) is 32.2. The minimum atomic E-state index is -0.846. The molecule has 6 heteroatoms. The van der Waals surface area contributed by atoms with Crippen molar-refractivity contribution in [3.05, 3.63) is 219 Å². The molecule has 0 spiro atoms. The number of hydrogen-bond acceptors (Lipinski definition) is 6. The van der Waals surface area contributed by atoms with Crippen molar-refractivity contribution in [2.75, 3.05) is 13.2 Å². The molecule has 6 nitrogen and oxygen atoms in total. The van der Waals surface area contributed by atoms with Gasteiger partial charge in [0.25, 0.3) is 0 Å². The predicted octanol–water partition coefficient (Wildman–Crippen LogP) is 22.5. The van der Waals surface area contributed by atoms with E-state index in [1.807, 2.05) is 0 Å². The Kier molecular flexibility index (Phi) is 63.1. The Morgan fingerprint density at radius 3 is 0.687 bits per heavy atom. The van der Waals surface area contributed by atoms with Crippen LogP contribution in [0.4, 0.5) is 0 Å². The Balaban J connectivity index is 4.57. The van der Waals surface area contributed by atoms with Gasteiger partial charge in [-0.2, -0.15) is 0 Å². The summed E-state index contributed by atoms with van der Waals surface area (Å²) in [5.74, 6) is -1.06. The van der Waals surface area contributed by atoms with E-state index >= 15 is 0 Å². The highest BCUT2D eigenvalue weighted by molar-refractivity contribution is 5.71. The highest BCUT2D eigenvalue weighted by atomic mass is 16.6. The summed E-state index contributed by atoms with van der Waals surface area (Å²) in [5.41, 5.74) is 0. The van der Waals surface area contributed by atoms with Crippen LogP contribution in [0.1, 0.15) is 226 Å². The summed E-state index contributed by atoms with van der Waals surface area (Å²) in [6.45, 7) is 6.18. The van der Waals surface area contributed by atoms with Crippen molar-refractivity contribution in [1.82, 2.24) is 0 Å². The number of allylic oxidation sites excluding steroid dienone is 36. The number of esters is 3. The molecule has 0 aromatic carbocycles. The molecule has 0 radical (unpaired) electrons. The first-order valence-electron chi connectivity index (χ1n) is 32.2. The van der Waals surface area contributed by atoms with E-state index in [4.69, 9.17) is 14.2 Å². The minimum Gasteiger partial charge on any atom is -0.462 e. The van der Waals surface area contributed by atoms with Crippen LogP contribution in [0.25, 0.3) is 0 Å². The fourth-order valence-corrected chi connectivity index (χ4v) is 7.74. The average Bonchev–Trinajstić information content (AvgIpc) is 3.49. The molecule has 0 saturated heterocycles. The summed E-state index contributed by atoms with van der Waals surface area (Å²) in [6.07, 6.45) is 107. The second-order valence-corrected chi connectivity index (χ2v) is 20.2. The number of hydrogen-bond donors (Lipinski definition) is 0. The monoisotopic (exact) mass is 1130 g/mol. The van der Waals surface area contributed by atoms with Gasteiger partial charge in [0.1, 0.15) is 13.2 Å². The van der Waals surface area contributed by atoms with E-state index in [1.165, 1.54) is 0 Å². The highest BCUT2D eigenvalue weighted by Crippen LogP contribution is 2.11. The molecule has 0 bridgehead atoms. The molecule has 1 atom stereocenters. The zero-order chi connectivity index (χ0) is 59.9. The molecule has 1 unspecified atom stereocenters. The number of rotatable bonds is 55. The lowest BCUT2D eigenvalue weighted by molar-refractivity contribution is -0.167. The van der Waals surface area contributed by atoms with Gasteiger partial charge in [0.15, 0.2) is 6.10 Å². The predicted molar refractivity (Wildman–Crippen MR) is 361 cm³/mol. The van der Waals surface area contributed by atoms with Crippen molar-refractivity contribution in [3.8, 4) is 0 Å². The third-order valence-corrected chi connectivity index (χ3v) is 12.5. The van der Waals surface area contributed by atoms with Gasteiger partial charge in [-0.05, 0) is 173 Å². The third kappa shape index (κ3) is 66.4. The van der Waals surface area contributed by atoms with Crippen molar-refractivity contribution >= 4 is 17.9 Å². The van der Waals surface area contributed by atoms with Gasteiger partial charge < -0.3 is 14.2 Å². The van der Waals surface area contributed by atoms with Gasteiger partial charge >= 0.3 is 17.9 Å². The lowest BCUT2D eigenvalue weighted by Gasteiger charge is -2.18. The lowest BCUT2D eigenvalue weighted by Crippen LogP contribution is -2.30. The summed E-state index contributed by atoms with van der Waals surface area (Å²) in [6, 6.07) is 0. The van der Waals surface area contributed by atoms with Crippen LogP contribution in [0.2, 0.25) is 0 Å². The normalized spacial score (nSPS) is 13.6. The third-order valence-electron chi connectivity index (χ3n) is 12.5. The van der Waals surface area contributed by atoms with Gasteiger partial charge in [-0.15, -0.1) is 0 Å². The Bertz CT molecular complexity index is 2080. The fraction of sp³-hybridized carbons (Fsp3) is 0.494. The summed E-state index contributed by atoms with van der Waals surface area (Å²) in [7, 11) is 0. The van der Waals surface area contributed by atoms with Crippen LogP contribution in [0.3, 0.4) is 0 Å². The SMILES string of the molecule is CC/C=C\C/C=C\C/C=C\C/C=C\C/C=C\C/C=C\C/C=C\C/C=C\CCCCCCC(=O)OCC(COC(=O)CCCC/C=C\C/C=C\C/C=C\C/C=C\CC)OC(=O)CCCC/C=C\C/C=C\C/C=C\C/C=C\C/C=C\C/C=C\CC. The zero-order valence-corrected chi connectivity index (χ0v) is 52.4. The van der Waals surface area contributed by atoms with Crippen molar-refractivity contribution in [2.45, 2.75) is 232 Å². The van der Waals surface area contributed by atoms with Crippen LogP contribution in [-0.2, 0) is 28.6 Å². The number of unbranched alkanes of at least 4 members (excludes halogenated alkanes) is 8. The molecular formula is C77H114O6. The van der Waals surface area contributed by atoms with E-state index in [0.29, 0.717) is 19.3 Å². The molecule has 0 aliphatic carbocycles. The van der Waals surface area contributed by atoms with Gasteiger partial charge in [-0.3, -0.25) is 14.4 Å². The standard InChI is InChI=1S/C77H114O6/c1-4-7-10-13-16-19-22-25-28-30-32-34-35-36-37-38-39-40-41-43-44-46-49-52-55-58-61-64-67-70-76(79)82-73-74(72-81-75(78)69-66-63-60-57-54-51-48-27-24-21-18-15-12-9-6-3)83-77(80)71-68-65-62-59-56-53-50-47-45-42-33-31-29-26-23-20-17-14-11-8-5-2/h7-12,16-21,25-29,32-34,36-37,39-40,42-44,47-50,52,54,56-57,59,74H,4-6,13-15,22-24,30-31,35,38,41,45-46,51,53,55,58,60-73H2,1-3H3/b10-7-,11-8-,12-9-,19-16-,20-17-,21-18-,28-25-,29-26-,34-32-,37-36-,40-39-,42-33-,44-43-,48-27-,50-47-,52-49-,57-54-,59-56-. The van der Waals surface area contributed by atoms with Crippen molar-refractivity contribution < 1.29 is 28.6 Å². The second kappa shape index (κ2) is 68.2. The Morgan fingerprint density at radius 2 is 0.434 bits per heavy atom. The molecular weight excluding hydrogens is 1020 g/mol. The smallest absolute Gasteiger partial charge is 0.306 e. The van der Waals surface area contributed by atoms with Gasteiger partial charge in [-0.25, -0.2) is 0 Å². The minimum absolute atomic E-state index is 0.136. The molecule has 0 aromatic heterocycles. The van der Waals surface area contributed by atoms with Crippen molar-refractivity contribution in [2.24, 2.45) is 0 Å². The van der Waals surface area contributed by atoms with Gasteiger partial charge in [-0.1, -0.05) is 252 Å². The summed E-state index contributed by atoms with van der Waals surface area (Å²) >= 11 is 0. The second-order valence-electron chi connectivity index (χ2n) is 20.2. The van der Waals surface area contributed by atoms with Gasteiger partial charge in [0.05, 0.1) is 0 Å². The zero-order valence-electron chi connectivity index (χ0n) is 52.4. The van der Waals surface area contributed by atoms with Crippen molar-refractivity contribution in [1.29, 1.82) is 0 Å². The fourth-order valence-electron chi connectivity index (χ4n) is 7.74. The molecule has 0 N–H and O–H groups in total. The first-order chi connectivity index (χ1) is 41.0. The molecule has 0 amide bonds. The van der Waals surface area contributed by atoms with Crippen molar-refractivity contribution in [3.63, 3.8) is 0 Å². The van der Waals surface area contributed by atoms with Gasteiger partial charge in [0, 0.05) is 19.3 Å². The van der Waals surface area contributed by atoms with E-state index in [9.17, 15) is 14.4 Å². The molecule has 0 aromatic rings. The maximum Gasteiger partial charge on any atom is 0.306 e. The Morgan fingerprint density at radius 1 is 0.241 bits per heavy atom. The average molecular weight is 1140 g/mol. The van der Waals surface area contributed by atoms with E-state index in [2.05, 4.69) is 240 Å². The quantitative estimate of drug-likeness (QED) is 0.0261. The van der Waals surface area contributed by atoms with Crippen LogP contribution in [-0.4, -0.2) is 37.2 Å². The maximum absolute atomic E-state index is 12.9. The van der Waals surface area contributed by atoms with Crippen LogP contribution in [0, 0.1) is 0 Å². The molecule has 0 aliphatic rings. The van der Waals surface area contributed by atoms with E-state index < -0.39 is 6.10 Å². The van der Waals surface area contributed by atoms with Gasteiger partial charge in [0.2, 0.25) is 0 Å². The number of carbonyl (C=O) groups excluding carboxylic acids is 3. The maximum atomic E-state index is 12.9. The molecule has 0 heterocycles. The summed E-state index contributed by atoms with van der Waals surface area (Å²) < 4.78 is 16.8. The molecule has 0 aliphatic heterocycles. The van der Waals surface area contributed by atoms with Crippen LogP contribution < -0.4 is 0 Å². The lowest BCUT2D eigenvalue weighted by atomic mass is 10.1. The topological polar surface area (TPSA) is 78.9 Å². The summed E-state index contributed by atoms with van der Waals surface area (Å²) in [4.78, 5) is 38.3. The Hall–Kier alpha value is -6.27. The molecule has 83 heavy (non-hydrogen) atoms. The van der Waals surface area contributed by atoms with E-state index in [-0.39, 0.29) is 44.0 Å². The summed E-state index contributed by atoms with van der Waals surface area (Å²) in [5, 5.41) is 0. The first kappa shape index (κ1) is 76.7. The van der Waals surface area contributed by atoms with Crippen LogP contribution in [0.15, 0.2) is 219 Å². The molecule has 458 valence electrons. The molecule has 0 fully saturated rings. The number of ether oxygens (including phenoxy) is 3. The van der Waals surface area contributed by atoms with E-state index in [1.54, 1.807) is 0 Å². The Labute approximate surface area is 508 Å². The van der Waals surface area contributed by atoms with Crippen LogP contribution >= 0.6 is 0 Å². The number of carbonyl (C=O) groups is 3. The molecule has 0 rings (SSSR count). The van der Waals surface area contributed by atoms with E-state index in [0.717, 1.165) is 173 Å². The molecule has 0 saturated carbocycles. The van der Waals surface area contributed by atoms with Crippen LogP contribution in [0.5, 0.6) is 0 Å². The highest BCUT2D eigenvalue weighted by Gasteiger charge is 2.19. The largest absolute Gasteiger partial charge is 0.462 e.